The van der Waals surface area contributed by atoms with E-state index in [4.69, 9.17) is 4.74 Å². The van der Waals surface area contributed by atoms with Gasteiger partial charge in [-0.25, -0.2) is 0 Å². The lowest BCUT2D eigenvalue weighted by Crippen LogP contribution is -2.31. The quantitative estimate of drug-likeness (QED) is 0.722. The first kappa shape index (κ1) is 15.2. The fourth-order valence-electron chi connectivity index (χ4n) is 1.97. The molecule has 0 heterocycles. The average Bonchev–Trinajstić information content (AvgIpc) is 2.37. The van der Waals surface area contributed by atoms with Crippen LogP contribution in [0.5, 0.6) is 0 Å². The summed E-state index contributed by atoms with van der Waals surface area (Å²) >= 11 is 0. The summed E-state index contributed by atoms with van der Waals surface area (Å²) < 4.78 is 5.83. The highest BCUT2D eigenvalue weighted by Crippen LogP contribution is 2.08. The number of hydrogen-bond acceptors (Lipinski definition) is 2. The van der Waals surface area contributed by atoms with Crippen LogP contribution in [0.4, 0.5) is 0 Å². The van der Waals surface area contributed by atoms with E-state index in [-0.39, 0.29) is 0 Å². The molecule has 1 atom stereocenters. The van der Waals surface area contributed by atoms with E-state index in [9.17, 15) is 0 Å². The standard InChI is InChI=1S/C16H27NO/c1-4-8-16(11-17-14(2)3)13-18-12-15-9-6-5-7-10-15/h5-7,9-10,14,16-17H,4,8,11-13H2,1-3H3. The number of hydrogen-bond donors (Lipinski definition) is 1. The lowest BCUT2D eigenvalue weighted by atomic mass is 10.0. The molecule has 1 N–H and O–H groups in total. The Kier molecular flexibility index (Phi) is 7.70. The third-order valence-corrected chi connectivity index (χ3v) is 2.98. The summed E-state index contributed by atoms with van der Waals surface area (Å²) in [5.74, 6) is 0.626. The molecule has 0 aliphatic carbocycles. The van der Waals surface area contributed by atoms with Gasteiger partial charge in [-0.15, -0.1) is 0 Å². The molecule has 0 aliphatic rings. The zero-order valence-corrected chi connectivity index (χ0v) is 12.0. The third-order valence-electron chi connectivity index (χ3n) is 2.98. The minimum atomic E-state index is 0.554. The molecule has 1 unspecified atom stereocenters. The topological polar surface area (TPSA) is 21.3 Å². The van der Waals surface area contributed by atoms with Crippen molar-refractivity contribution in [1.29, 1.82) is 0 Å². The van der Waals surface area contributed by atoms with Crippen molar-refractivity contribution in [2.45, 2.75) is 46.3 Å². The van der Waals surface area contributed by atoms with Gasteiger partial charge in [0.1, 0.15) is 0 Å². The van der Waals surface area contributed by atoms with Crippen molar-refractivity contribution in [3.63, 3.8) is 0 Å². The van der Waals surface area contributed by atoms with Crippen LogP contribution >= 0.6 is 0 Å². The van der Waals surface area contributed by atoms with Gasteiger partial charge in [0, 0.05) is 12.6 Å². The minimum absolute atomic E-state index is 0.554. The molecule has 1 aromatic rings. The van der Waals surface area contributed by atoms with Gasteiger partial charge in [-0.2, -0.15) is 0 Å². The van der Waals surface area contributed by atoms with E-state index in [0.29, 0.717) is 12.0 Å². The van der Waals surface area contributed by atoms with Gasteiger partial charge < -0.3 is 10.1 Å². The Morgan fingerprint density at radius 3 is 2.50 bits per heavy atom. The summed E-state index contributed by atoms with van der Waals surface area (Å²) in [7, 11) is 0. The van der Waals surface area contributed by atoms with E-state index >= 15 is 0 Å². The van der Waals surface area contributed by atoms with Crippen LogP contribution in [0.1, 0.15) is 39.2 Å². The monoisotopic (exact) mass is 249 g/mol. The van der Waals surface area contributed by atoms with E-state index < -0.39 is 0 Å². The predicted molar refractivity (Wildman–Crippen MR) is 77.6 cm³/mol. The fraction of sp³-hybridized carbons (Fsp3) is 0.625. The summed E-state index contributed by atoms with van der Waals surface area (Å²) in [6.07, 6.45) is 2.45. The van der Waals surface area contributed by atoms with E-state index in [2.05, 4.69) is 50.4 Å². The van der Waals surface area contributed by atoms with Crippen molar-refractivity contribution in [2.75, 3.05) is 13.2 Å². The molecule has 0 bridgehead atoms. The third kappa shape index (κ3) is 6.77. The SMILES string of the molecule is CCCC(CNC(C)C)COCc1ccccc1. The maximum atomic E-state index is 5.83. The summed E-state index contributed by atoms with van der Waals surface area (Å²) in [5, 5.41) is 3.50. The van der Waals surface area contributed by atoms with Crippen LogP contribution in [-0.2, 0) is 11.3 Å². The summed E-state index contributed by atoms with van der Waals surface area (Å²) in [6, 6.07) is 10.9. The highest BCUT2D eigenvalue weighted by atomic mass is 16.5. The van der Waals surface area contributed by atoms with E-state index in [1.165, 1.54) is 18.4 Å². The van der Waals surface area contributed by atoms with Gasteiger partial charge in [0.05, 0.1) is 13.2 Å². The molecule has 0 radical (unpaired) electrons. The molecule has 0 saturated heterocycles. The van der Waals surface area contributed by atoms with E-state index in [0.717, 1.165) is 19.8 Å². The molecule has 2 heteroatoms. The minimum Gasteiger partial charge on any atom is -0.376 e. The maximum absolute atomic E-state index is 5.83. The van der Waals surface area contributed by atoms with E-state index in [1.54, 1.807) is 0 Å². The molecule has 2 nitrogen and oxygen atoms in total. The maximum Gasteiger partial charge on any atom is 0.0717 e. The number of ether oxygens (including phenoxy) is 1. The molecule has 0 fully saturated rings. The Bertz CT molecular complexity index is 297. The Labute approximate surface area is 112 Å². The first-order chi connectivity index (χ1) is 8.72. The lowest BCUT2D eigenvalue weighted by molar-refractivity contribution is 0.0828. The molecule has 0 aromatic heterocycles. The van der Waals surface area contributed by atoms with Gasteiger partial charge >= 0.3 is 0 Å². The Balaban J connectivity index is 2.24. The van der Waals surface area contributed by atoms with Crippen LogP contribution in [0, 0.1) is 5.92 Å². The van der Waals surface area contributed by atoms with Crippen molar-refractivity contribution < 1.29 is 4.74 Å². The van der Waals surface area contributed by atoms with Crippen molar-refractivity contribution in [3.8, 4) is 0 Å². The van der Waals surface area contributed by atoms with Crippen LogP contribution in [0.25, 0.3) is 0 Å². The number of nitrogens with one attached hydrogen (secondary N) is 1. The lowest BCUT2D eigenvalue weighted by Gasteiger charge is -2.18. The summed E-state index contributed by atoms with van der Waals surface area (Å²) in [6.45, 7) is 9.24. The molecule has 0 saturated carbocycles. The smallest absolute Gasteiger partial charge is 0.0717 e. The average molecular weight is 249 g/mol. The molecule has 0 amide bonds. The van der Waals surface area contributed by atoms with Crippen LogP contribution in [0.15, 0.2) is 30.3 Å². The van der Waals surface area contributed by atoms with Gasteiger partial charge in [0.2, 0.25) is 0 Å². The summed E-state index contributed by atoms with van der Waals surface area (Å²) in [5.41, 5.74) is 1.25. The van der Waals surface area contributed by atoms with Gasteiger partial charge in [-0.1, -0.05) is 57.5 Å². The first-order valence-electron chi connectivity index (χ1n) is 7.07. The summed E-state index contributed by atoms with van der Waals surface area (Å²) in [4.78, 5) is 0. The van der Waals surface area contributed by atoms with Gasteiger partial charge in [0.25, 0.3) is 0 Å². The molecular formula is C16H27NO. The predicted octanol–water partition coefficient (Wildman–Crippen LogP) is 3.62. The second-order valence-corrected chi connectivity index (χ2v) is 5.22. The molecule has 0 aliphatic heterocycles. The highest BCUT2D eigenvalue weighted by molar-refractivity contribution is 5.13. The second kappa shape index (κ2) is 9.12. The Morgan fingerprint density at radius 2 is 1.89 bits per heavy atom. The highest BCUT2D eigenvalue weighted by Gasteiger charge is 2.08. The van der Waals surface area contributed by atoms with Crippen LogP contribution in [0.2, 0.25) is 0 Å². The first-order valence-corrected chi connectivity index (χ1v) is 7.07. The number of rotatable bonds is 9. The van der Waals surface area contributed by atoms with Crippen molar-refractivity contribution in [1.82, 2.24) is 5.32 Å². The van der Waals surface area contributed by atoms with Crippen molar-refractivity contribution in [2.24, 2.45) is 5.92 Å². The molecular weight excluding hydrogens is 222 g/mol. The van der Waals surface area contributed by atoms with Crippen LogP contribution in [0.3, 0.4) is 0 Å². The largest absolute Gasteiger partial charge is 0.376 e. The molecule has 0 spiro atoms. The molecule has 102 valence electrons. The molecule has 1 aromatic carbocycles. The van der Waals surface area contributed by atoms with Gasteiger partial charge in [0.15, 0.2) is 0 Å². The normalized spacial score (nSPS) is 12.9. The van der Waals surface area contributed by atoms with Crippen molar-refractivity contribution in [3.05, 3.63) is 35.9 Å². The fourth-order valence-corrected chi connectivity index (χ4v) is 1.97. The van der Waals surface area contributed by atoms with Crippen LogP contribution in [-0.4, -0.2) is 19.2 Å². The van der Waals surface area contributed by atoms with Crippen LogP contribution < -0.4 is 5.32 Å². The molecule has 18 heavy (non-hydrogen) atoms. The molecule has 1 rings (SSSR count). The van der Waals surface area contributed by atoms with Gasteiger partial charge in [-0.05, 0) is 17.9 Å². The Morgan fingerprint density at radius 1 is 1.17 bits per heavy atom. The number of benzene rings is 1. The van der Waals surface area contributed by atoms with Gasteiger partial charge in [-0.3, -0.25) is 0 Å². The zero-order chi connectivity index (χ0) is 13.2. The van der Waals surface area contributed by atoms with Crippen molar-refractivity contribution >= 4 is 0 Å². The second-order valence-electron chi connectivity index (χ2n) is 5.22. The van der Waals surface area contributed by atoms with E-state index in [1.807, 2.05) is 6.07 Å². The zero-order valence-electron chi connectivity index (χ0n) is 12.0. The Hall–Kier alpha value is -0.860.